The summed E-state index contributed by atoms with van der Waals surface area (Å²) in [7, 11) is 0. The average molecular weight is 235 g/mol. The Morgan fingerprint density at radius 2 is 2.18 bits per heavy atom. The fourth-order valence-corrected chi connectivity index (χ4v) is 2.47. The van der Waals surface area contributed by atoms with Crippen molar-refractivity contribution in [1.29, 1.82) is 0 Å². The Morgan fingerprint density at radius 1 is 1.47 bits per heavy atom. The van der Waals surface area contributed by atoms with Crippen LogP contribution in [0.2, 0.25) is 0 Å². The molecule has 0 atom stereocenters. The quantitative estimate of drug-likeness (QED) is 0.862. The van der Waals surface area contributed by atoms with E-state index in [1.165, 1.54) is 25.7 Å². The zero-order valence-corrected chi connectivity index (χ0v) is 10.7. The van der Waals surface area contributed by atoms with Crippen LogP contribution in [0.3, 0.4) is 0 Å². The van der Waals surface area contributed by atoms with Crippen molar-refractivity contribution < 1.29 is 0 Å². The lowest BCUT2D eigenvalue weighted by Gasteiger charge is -2.12. The maximum absolute atomic E-state index is 12.0. The van der Waals surface area contributed by atoms with Crippen molar-refractivity contribution in [3.63, 3.8) is 0 Å². The van der Waals surface area contributed by atoms with Gasteiger partial charge >= 0.3 is 0 Å². The van der Waals surface area contributed by atoms with Gasteiger partial charge in [-0.15, -0.1) is 0 Å². The number of aryl methyl sites for hydroxylation is 2. The summed E-state index contributed by atoms with van der Waals surface area (Å²) in [5.41, 5.74) is 1.80. The van der Waals surface area contributed by atoms with Gasteiger partial charge in [0.25, 0.3) is 5.56 Å². The lowest BCUT2D eigenvalue weighted by Crippen LogP contribution is -2.32. The lowest BCUT2D eigenvalue weighted by molar-refractivity contribution is 0.513. The summed E-state index contributed by atoms with van der Waals surface area (Å²) in [4.78, 5) is 12.0. The fourth-order valence-electron chi connectivity index (χ4n) is 2.47. The minimum atomic E-state index is 0.0450. The van der Waals surface area contributed by atoms with Crippen LogP contribution >= 0.6 is 0 Å². The third kappa shape index (κ3) is 2.94. The summed E-state index contributed by atoms with van der Waals surface area (Å²) in [6, 6.07) is 2.49. The molecule has 17 heavy (non-hydrogen) atoms. The molecular weight excluding hydrogens is 214 g/mol. The first kappa shape index (κ1) is 12.3. The standard InChI is InChI=1S/C13H21N3O/c1-3-16-13(17)11(8-10(2)15-16)9-14-12-6-4-5-7-12/h8,12,14H,3-7,9H2,1-2H3. The first-order valence-electron chi connectivity index (χ1n) is 6.51. The summed E-state index contributed by atoms with van der Waals surface area (Å²) in [6.07, 6.45) is 5.11. The summed E-state index contributed by atoms with van der Waals surface area (Å²) in [5.74, 6) is 0. The highest BCUT2D eigenvalue weighted by Gasteiger charge is 2.15. The van der Waals surface area contributed by atoms with E-state index in [9.17, 15) is 4.79 Å². The topological polar surface area (TPSA) is 46.9 Å². The van der Waals surface area contributed by atoms with Crippen LogP contribution in [-0.2, 0) is 13.1 Å². The highest BCUT2D eigenvalue weighted by Crippen LogP contribution is 2.17. The number of nitrogens with one attached hydrogen (secondary N) is 1. The van der Waals surface area contributed by atoms with E-state index in [-0.39, 0.29) is 5.56 Å². The highest BCUT2D eigenvalue weighted by atomic mass is 16.1. The molecule has 0 aromatic carbocycles. The molecule has 0 radical (unpaired) electrons. The van der Waals surface area contributed by atoms with Crippen molar-refractivity contribution in [3.8, 4) is 0 Å². The van der Waals surface area contributed by atoms with Gasteiger partial charge in [-0.25, -0.2) is 4.68 Å². The molecule has 1 aromatic rings. The number of hydrogen-bond donors (Lipinski definition) is 1. The smallest absolute Gasteiger partial charge is 0.271 e. The van der Waals surface area contributed by atoms with Gasteiger partial charge in [0.15, 0.2) is 0 Å². The predicted molar refractivity (Wildman–Crippen MR) is 68.0 cm³/mol. The molecule has 1 N–H and O–H groups in total. The fraction of sp³-hybridized carbons (Fsp3) is 0.692. The van der Waals surface area contributed by atoms with Crippen molar-refractivity contribution in [2.45, 2.75) is 58.7 Å². The molecule has 1 aromatic heterocycles. The van der Waals surface area contributed by atoms with Gasteiger partial charge in [-0.05, 0) is 32.8 Å². The summed E-state index contributed by atoms with van der Waals surface area (Å²) in [5, 5.41) is 7.68. The van der Waals surface area contributed by atoms with Crippen molar-refractivity contribution >= 4 is 0 Å². The number of aromatic nitrogens is 2. The molecule has 0 amide bonds. The van der Waals surface area contributed by atoms with E-state index in [0.717, 1.165) is 11.3 Å². The van der Waals surface area contributed by atoms with E-state index >= 15 is 0 Å². The molecule has 0 bridgehead atoms. The predicted octanol–water partition coefficient (Wildman–Crippen LogP) is 1.60. The van der Waals surface area contributed by atoms with Crippen molar-refractivity contribution in [1.82, 2.24) is 15.1 Å². The normalized spacial score (nSPS) is 16.6. The minimum absolute atomic E-state index is 0.0450. The number of nitrogens with zero attached hydrogens (tertiary/aromatic N) is 2. The van der Waals surface area contributed by atoms with E-state index in [1.54, 1.807) is 4.68 Å². The van der Waals surface area contributed by atoms with Crippen LogP contribution in [0.1, 0.15) is 43.9 Å². The summed E-state index contributed by atoms with van der Waals surface area (Å²) in [6.45, 7) is 5.19. The van der Waals surface area contributed by atoms with Crippen LogP contribution in [0.25, 0.3) is 0 Å². The van der Waals surface area contributed by atoms with Gasteiger partial charge in [0, 0.05) is 24.7 Å². The molecule has 1 heterocycles. The molecule has 0 saturated heterocycles. The zero-order chi connectivity index (χ0) is 12.3. The Bertz CT molecular complexity index is 433. The molecule has 0 unspecified atom stereocenters. The molecular formula is C13H21N3O. The highest BCUT2D eigenvalue weighted by molar-refractivity contribution is 5.12. The van der Waals surface area contributed by atoms with Crippen LogP contribution in [0.15, 0.2) is 10.9 Å². The summed E-state index contributed by atoms with van der Waals surface area (Å²) < 4.78 is 1.54. The van der Waals surface area contributed by atoms with Gasteiger partial charge in [0.05, 0.1) is 5.69 Å². The number of rotatable bonds is 4. The third-order valence-corrected chi connectivity index (χ3v) is 3.41. The van der Waals surface area contributed by atoms with Crippen LogP contribution in [0.4, 0.5) is 0 Å². The van der Waals surface area contributed by atoms with Crippen LogP contribution in [0.5, 0.6) is 0 Å². The first-order valence-corrected chi connectivity index (χ1v) is 6.51. The van der Waals surface area contributed by atoms with Gasteiger partial charge in [0.1, 0.15) is 0 Å². The van der Waals surface area contributed by atoms with E-state index < -0.39 is 0 Å². The van der Waals surface area contributed by atoms with Crippen LogP contribution < -0.4 is 10.9 Å². The van der Waals surface area contributed by atoms with Crippen LogP contribution in [0, 0.1) is 6.92 Å². The third-order valence-electron chi connectivity index (χ3n) is 3.41. The monoisotopic (exact) mass is 235 g/mol. The van der Waals surface area contributed by atoms with Crippen molar-refractivity contribution in [2.75, 3.05) is 0 Å². The largest absolute Gasteiger partial charge is 0.310 e. The van der Waals surface area contributed by atoms with Gasteiger partial charge in [-0.3, -0.25) is 4.79 Å². The zero-order valence-electron chi connectivity index (χ0n) is 10.7. The Kier molecular flexibility index (Phi) is 3.94. The minimum Gasteiger partial charge on any atom is -0.310 e. The Morgan fingerprint density at radius 3 is 2.82 bits per heavy atom. The van der Waals surface area contributed by atoms with E-state index in [2.05, 4.69) is 10.4 Å². The Labute approximate surface area is 102 Å². The molecule has 1 saturated carbocycles. The Balaban J connectivity index is 2.09. The molecule has 1 aliphatic carbocycles. The first-order chi connectivity index (χ1) is 8.20. The molecule has 4 heteroatoms. The second-order valence-corrected chi connectivity index (χ2v) is 4.79. The van der Waals surface area contributed by atoms with Gasteiger partial charge in [-0.1, -0.05) is 12.8 Å². The molecule has 2 rings (SSSR count). The number of hydrogen-bond acceptors (Lipinski definition) is 3. The van der Waals surface area contributed by atoms with Crippen LogP contribution in [-0.4, -0.2) is 15.8 Å². The van der Waals surface area contributed by atoms with Gasteiger partial charge < -0.3 is 5.32 Å². The van der Waals surface area contributed by atoms with E-state index in [4.69, 9.17) is 0 Å². The Hall–Kier alpha value is -1.16. The second-order valence-electron chi connectivity index (χ2n) is 4.79. The molecule has 1 fully saturated rings. The lowest BCUT2D eigenvalue weighted by atomic mass is 10.2. The van der Waals surface area contributed by atoms with Gasteiger partial charge in [-0.2, -0.15) is 5.10 Å². The van der Waals surface area contributed by atoms with E-state index in [0.29, 0.717) is 19.1 Å². The SMILES string of the molecule is CCn1nc(C)cc(CNC2CCCC2)c1=O. The second kappa shape index (κ2) is 5.45. The molecule has 0 aliphatic heterocycles. The maximum Gasteiger partial charge on any atom is 0.271 e. The molecule has 1 aliphatic rings. The van der Waals surface area contributed by atoms with Gasteiger partial charge in [0.2, 0.25) is 0 Å². The summed E-state index contributed by atoms with van der Waals surface area (Å²) >= 11 is 0. The average Bonchev–Trinajstić information content (AvgIpc) is 2.82. The molecule has 4 nitrogen and oxygen atoms in total. The molecule has 0 spiro atoms. The maximum atomic E-state index is 12.0. The van der Waals surface area contributed by atoms with Crippen molar-refractivity contribution in [3.05, 3.63) is 27.7 Å². The van der Waals surface area contributed by atoms with E-state index in [1.807, 2.05) is 19.9 Å². The molecule has 94 valence electrons. The van der Waals surface area contributed by atoms with Crippen molar-refractivity contribution in [2.24, 2.45) is 0 Å².